The van der Waals surface area contributed by atoms with E-state index in [4.69, 9.17) is 5.11 Å². The molecule has 0 saturated heterocycles. The summed E-state index contributed by atoms with van der Waals surface area (Å²) < 4.78 is 0. The molecule has 1 heterocycles. The topological polar surface area (TPSA) is 94.9 Å². The zero-order chi connectivity index (χ0) is 12.6. The first-order valence-electron chi connectivity index (χ1n) is 4.92. The van der Waals surface area contributed by atoms with Crippen molar-refractivity contribution in [2.45, 2.75) is 6.42 Å². The second-order valence-corrected chi connectivity index (χ2v) is 3.61. The Labute approximate surface area is 96.1 Å². The molecule has 17 heavy (non-hydrogen) atoms. The van der Waals surface area contributed by atoms with E-state index in [2.05, 4.69) is 0 Å². The summed E-state index contributed by atoms with van der Waals surface area (Å²) in [6, 6.07) is 4.20. The third-order valence-electron chi connectivity index (χ3n) is 2.53. The highest BCUT2D eigenvalue weighted by molar-refractivity contribution is 6.22. The quantitative estimate of drug-likeness (QED) is 0.742. The van der Waals surface area contributed by atoms with E-state index in [1.54, 1.807) is 0 Å². The zero-order valence-electron chi connectivity index (χ0n) is 8.71. The third-order valence-corrected chi connectivity index (χ3v) is 2.53. The number of aliphatic carboxylic acids is 1. The van der Waals surface area contributed by atoms with Gasteiger partial charge in [0.1, 0.15) is 5.75 Å². The number of phenols is 1. The smallest absolute Gasteiger partial charge is 0.305 e. The second-order valence-electron chi connectivity index (χ2n) is 3.61. The summed E-state index contributed by atoms with van der Waals surface area (Å²) >= 11 is 0. The molecule has 0 aromatic heterocycles. The summed E-state index contributed by atoms with van der Waals surface area (Å²) in [6.07, 6.45) is -0.313. The van der Waals surface area contributed by atoms with Gasteiger partial charge in [0.2, 0.25) is 0 Å². The monoisotopic (exact) mass is 235 g/mol. The van der Waals surface area contributed by atoms with Crippen LogP contribution in [0.25, 0.3) is 0 Å². The number of carboxylic acid groups (broad SMARTS) is 1. The van der Waals surface area contributed by atoms with Crippen molar-refractivity contribution in [1.29, 1.82) is 0 Å². The van der Waals surface area contributed by atoms with Gasteiger partial charge in [-0.25, -0.2) is 0 Å². The van der Waals surface area contributed by atoms with Crippen molar-refractivity contribution in [3.63, 3.8) is 0 Å². The Morgan fingerprint density at radius 2 is 1.94 bits per heavy atom. The molecule has 0 unspecified atom stereocenters. The first-order valence-corrected chi connectivity index (χ1v) is 4.92. The molecule has 2 rings (SSSR count). The van der Waals surface area contributed by atoms with Crippen LogP contribution in [0.2, 0.25) is 0 Å². The summed E-state index contributed by atoms with van der Waals surface area (Å²) in [5.74, 6) is -2.57. The van der Waals surface area contributed by atoms with Gasteiger partial charge in [0, 0.05) is 6.54 Å². The number of carbonyl (C=O) groups excluding carboxylic acids is 2. The Balaban J connectivity index is 2.33. The number of carboxylic acids is 1. The fraction of sp³-hybridized carbons (Fsp3) is 0.182. The van der Waals surface area contributed by atoms with Gasteiger partial charge < -0.3 is 10.2 Å². The van der Waals surface area contributed by atoms with Crippen molar-refractivity contribution in [3.05, 3.63) is 29.3 Å². The molecule has 2 amide bonds. The first kappa shape index (κ1) is 11.1. The Bertz CT molecular complexity index is 523. The number of hydrogen-bond donors (Lipinski definition) is 2. The Kier molecular flexibility index (Phi) is 2.55. The van der Waals surface area contributed by atoms with Crippen molar-refractivity contribution >= 4 is 17.8 Å². The average molecular weight is 235 g/mol. The maximum atomic E-state index is 11.8. The number of fused-ring (bicyclic) bond motifs is 1. The molecule has 0 atom stereocenters. The molecule has 0 bridgehead atoms. The summed E-state index contributed by atoms with van der Waals surface area (Å²) in [5.41, 5.74) is 0.0586. The van der Waals surface area contributed by atoms with E-state index in [0.717, 1.165) is 4.90 Å². The predicted octanol–water partition coefficient (Wildman–Crippen LogP) is 0.463. The Morgan fingerprint density at radius 3 is 2.53 bits per heavy atom. The fourth-order valence-corrected chi connectivity index (χ4v) is 1.73. The van der Waals surface area contributed by atoms with Gasteiger partial charge in [0.25, 0.3) is 11.8 Å². The van der Waals surface area contributed by atoms with E-state index in [-0.39, 0.29) is 29.8 Å². The fourth-order valence-electron chi connectivity index (χ4n) is 1.73. The molecule has 88 valence electrons. The van der Waals surface area contributed by atoms with E-state index in [1.807, 2.05) is 0 Å². The lowest BCUT2D eigenvalue weighted by Gasteiger charge is -2.11. The Morgan fingerprint density at radius 1 is 1.24 bits per heavy atom. The third kappa shape index (κ3) is 1.73. The number of aromatic hydroxyl groups is 1. The maximum absolute atomic E-state index is 11.8. The molecular formula is C11H9NO5. The van der Waals surface area contributed by atoms with Crippen LogP contribution in [0, 0.1) is 0 Å². The van der Waals surface area contributed by atoms with Gasteiger partial charge in [-0.3, -0.25) is 19.3 Å². The van der Waals surface area contributed by atoms with Crippen LogP contribution < -0.4 is 0 Å². The minimum atomic E-state index is -1.09. The molecule has 0 radical (unpaired) electrons. The minimum Gasteiger partial charge on any atom is -0.507 e. The van der Waals surface area contributed by atoms with Gasteiger partial charge in [-0.2, -0.15) is 0 Å². The van der Waals surface area contributed by atoms with Gasteiger partial charge in [-0.15, -0.1) is 0 Å². The van der Waals surface area contributed by atoms with Crippen LogP contribution >= 0.6 is 0 Å². The molecule has 2 N–H and O–H groups in total. The van der Waals surface area contributed by atoms with Gasteiger partial charge in [0.05, 0.1) is 17.5 Å². The summed E-state index contributed by atoms with van der Waals surface area (Å²) in [7, 11) is 0. The number of rotatable bonds is 3. The van der Waals surface area contributed by atoms with Crippen molar-refractivity contribution in [2.24, 2.45) is 0 Å². The number of phenolic OH excluding ortho intramolecular Hbond substituents is 1. The van der Waals surface area contributed by atoms with E-state index in [9.17, 15) is 19.5 Å². The largest absolute Gasteiger partial charge is 0.507 e. The van der Waals surface area contributed by atoms with Gasteiger partial charge in [-0.05, 0) is 12.1 Å². The Hall–Kier alpha value is -2.37. The van der Waals surface area contributed by atoms with Crippen molar-refractivity contribution in [1.82, 2.24) is 4.90 Å². The van der Waals surface area contributed by atoms with Crippen molar-refractivity contribution in [2.75, 3.05) is 6.54 Å². The van der Waals surface area contributed by atoms with Crippen LogP contribution in [0.4, 0.5) is 0 Å². The number of hydrogen-bond acceptors (Lipinski definition) is 4. The highest BCUT2D eigenvalue weighted by Gasteiger charge is 2.37. The molecule has 1 aliphatic rings. The molecule has 1 aromatic carbocycles. The molecule has 0 saturated carbocycles. The van der Waals surface area contributed by atoms with E-state index in [1.165, 1.54) is 18.2 Å². The lowest BCUT2D eigenvalue weighted by molar-refractivity contribution is -0.137. The molecule has 0 aliphatic carbocycles. The molecule has 0 spiro atoms. The van der Waals surface area contributed by atoms with Crippen molar-refractivity contribution < 1.29 is 24.6 Å². The highest BCUT2D eigenvalue weighted by Crippen LogP contribution is 2.29. The maximum Gasteiger partial charge on any atom is 0.305 e. The first-order chi connectivity index (χ1) is 8.02. The van der Waals surface area contributed by atoms with E-state index in [0.29, 0.717) is 0 Å². The van der Waals surface area contributed by atoms with Crippen LogP contribution in [0.5, 0.6) is 5.75 Å². The second kappa shape index (κ2) is 3.89. The normalized spacial score (nSPS) is 14.0. The lowest BCUT2D eigenvalue weighted by Crippen LogP contribution is -2.31. The average Bonchev–Trinajstić information content (AvgIpc) is 2.50. The number of imide groups is 1. The van der Waals surface area contributed by atoms with Crippen molar-refractivity contribution in [3.8, 4) is 5.75 Å². The number of amides is 2. The summed E-state index contributed by atoms with van der Waals surface area (Å²) in [5, 5.41) is 18.0. The minimum absolute atomic E-state index is 0.0529. The SMILES string of the molecule is O=C(O)CCN1C(=O)c2cccc(O)c2C1=O. The number of carbonyl (C=O) groups is 3. The van der Waals surface area contributed by atoms with Crippen LogP contribution in [-0.2, 0) is 4.79 Å². The molecule has 0 fully saturated rings. The number of nitrogens with zero attached hydrogens (tertiary/aromatic N) is 1. The molecule has 1 aliphatic heterocycles. The summed E-state index contributed by atoms with van der Waals surface area (Å²) in [6.45, 7) is -0.193. The van der Waals surface area contributed by atoms with E-state index >= 15 is 0 Å². The molecule has 6 heteroatoms. The van der Waals surface area contributed by atoms with Gasteiger partial charge in [-0.1, -0.05) is 6.07 Å². The standard InChI is InChI=1S/C11H9NO5/c13-7-3-1-2-6-9(7)11(17)12(10(6)16)5-4-8(14)15/h1-3,13H,4-5H2,(H,14,15). The lowest BCUT2D eigenvalue weighted by atomic mass is 10.1. The summed E-state index contributed by atoms with van der Waals surface area (Å²) in [4.78, 5) is 34.8. The molecule has 6 nitrogen and oxygen atoms in total. The number of benzene rings is 1. The van der Waals surface area contributed by atoms with Crippen LogP contribution in [0.15, 0.2) is 18.2 Å². The van der Waals surface area contributed by atoms with Crippen LogP contribution in [0.3, 0.4) is 0 Å². The predicted molar refractivity (Wildman–Crippen MR) is 55.7 cm³/mol. The van der Waals surface area contributed by atoms with Gasteiger partial charge >= 0.3 is 5.97 Å². The van der Waals surface area contributed by atoms with Crippen LogP contribution in [0.1, 0.15) is 27.1 Å². The van der Waals surface area contributed by atoms with Gasteiger partial charge in [0.15, 0.2) is 0 Å². The molecule has 1 aromatic rings. The molecular weight excluding hydrogens is 226 g/mol. The van der Waals surface area contributed by atoms with Crippen LogP contribution in [-0.4, -0.2) is 39.4 Å². The van der Waals surface area contributed by atoms with E-state index < -0.39 is 17.8 Å². The highest BCUT2D eigenvalue weighted by atomic mass is 16.4. The zero-order valence-corrected chi connectivity index (χ0v) is 8.71.